The number of nitrogens with zero attached hydrogens (tertiary/aromatic N) is 2. The second-order valence-corrected chi connectivity index (χ2v) is 4.67. The number of fused-ring (bicyclic) bond motifs is 1. The molecule has 2 heterocycles. The first-order chi connectivity index (χ1) is 9.19. The van der Waals surface area contributed by atoms with Gasteiger partial charge in [0.05, 0.1) is 5.52 Å². The number of aryl methyl sites for hydroxylation is 2. The Morgan fingerprint density at radius 1 is 1.00 bits per heavy atom. The summed E-state index contributed by atoms with van der Waals surface area (Å²) in [5.41, 5.74) is 5.29. The van der Waals surface area contributed by atoms with Crippen LogP contribution >= 0.6 is 0 Å². The number of hydrogen-bond donors (Lipinski definition) is 2. The Morgan fingerprint density at radius 3 is 2.42 bits per heavy atom. The van der Waals surface area contributed by atoms with Gasteiger partial charge in [0.1, 0.15) is 11.6 Å². The number of imidazole rings is 1. The standard InChI is InChI=1S/C15H16N4/c1-9-5-4-6-10(2)13(9)15-17-11-7-8-12(16-3)18-14(11)19-15/h4-8H,1-3H3,(H2,16,17,18,19). The Balaban J connectivity index is 2.21. The maximum Gasteiger partial charge on any atom is 0.180 e. The van der Waals surface area contributed by atoms with Gasteiger partial charge in [0, 0.05) is 12.6 Å². The Hall–Kier alpha value is -2.36. The molecule has 3 aromatic rings. The molecule has 0 saturated carbocycles. The summed E-state index contributed by atoms with van der Waals surface area (Å²) >= 11 is 0. The van der Waals surface area contributed by atoms with Crippen LogP contribution in [0, 0.1) is 13.8 Å². The maximum absolute atomic E-state index is 4.61. The molecule has 0 aliphatic heterocycles. The van der Waals surface area contributed by atoms with Crippen LogP contribution in [-0.4, -0.2) is 22.0 Å². The van der Waals surface area contributed by atoms with Gasteiger partial charge in [0.25, 0.3) is 0 Å². The third-order valence-corrected chi connectivity index (χ3v) is 3.32. The normalized spacial score (nSPS) is 10.9. The summed E-state index contributed by atoms with van der Waals surface area (Å²) in [5, 5.41) is 3.03. The van der Waals surface area contributed by atoms with Crippen molar-refractivity contribution in [1.82, 2.24) is 15.0 Å². The number of aromatic amines is 1. The van der Waals surface area contributed by atoms with Gasteiger partial charge in [0.2, 0.25) is 0 Å². The highest BCUT2D eigenvalue weighted by Gasteiger charge is 2.11. The van der Waals surface area contributed by atoms with Crippen molar-refractivity contribution < 1.29 is 0 Å². The van der Waals surface area contributed by atoms with Crippen LogP contribution in [0.2, 0.25) is 0 Å². The molecule has 0 saturated heterocycles. The van der Waals surface area contributed by atoms with Gasteiger partial charge >= 0.3 is 0 Å². The highest BCUT2D eigenvalue weighted by Crippen LogP contribution is 2.26. The van der Waals surface area contributed by atoms with Gasteiger partial charge in [-0.05, 0) is 37.1 Å². The minimum absolute atomic E-state index is 0.740. The molecule has 19 heavy (non-hydrogen) atoms. The highest BCUT2D eigenvalue weighted by atomic mass is 15.0. The lowest BCUT2D eigenvalue weighted by Crippen LogP contribution is -1.91. The van der Waals surface area contributed by atoms with Crippen LogP contribution in [0.25, 0.3) is 22.6 Å². The van der Waals surface area contributed by atoms with Gasteiger partial charge in [0.15, 0.2) is 5.65 Å². The predicted octanol–water partition coefficient (Wildman–Crippen LogP) is 3.28. The van der Waals surface area contributed by atoms with E-state index < -0.39 is 0 Å². The average molecular weight is 252 g/mol. The summed E-state index contributed by atoms with van der Waals surface area (Å²) in [7, 11) is 1.85. The molecular weight excluding hydrogens is 236 g/mol. The second kappa shape index (κ2) is 4.39. The van der Waals surface area contributed by atoms with Crippen molar-refractivity contribution >= 4 is 17.0 Å². The summed E-state index contributed by atoms with van der Waals surface area (Å²) in [6, 6.07) is 10.2. The third-order valence-electron chi connectivity index (χ3n) is 3.32. The van der Waals surface area contributed by atoms with Gasteiger partial charge in [-0.15, -0.1) is 0 Å². The zero-order valence-corrected chi connectivity index (χ0v) is 11.3. The minimum atomic E-state index is 0.740. The lowest BCUT2D eigenvalue weighted by atomic mass is 10.0. The molecule has 2 N–H and O–H groups in total. The van der Waals surface area contributed by atoms with E-state index in [0.717, 1.165) is 28.4 Å². The van der Waals surface area contributed by atoms with Crippen LogP contribution in [0.4, 0.5) is 5.82 Å². The number of anilines is 1. The van der Waals surface area contributed by atoms with Crippen LogP contribution in [0.3, 0.4) is 0 Å². The second-order valence-electron chi connectivity index (χ2n) is 4.67. The fourth-order valence-electron chi connectivity index (χ4n) is 2.34. The van der Waals surface area contributed by atoms with E-state index in [2.05, 4.69) is 52.3 Å². The summed E-state index contributed by atoms with van der Waals surface area (Å²) in [4.78, 5) is 12.4. The lowest BCUT2D eigenvalue weighted by molar-refractivity contribution is 1.25. The van der Waals surface area contributed by atoms with Crippen molar-refractivity contribution in [1.29, 1.82) is 0 Å². The van der Waals surface area contributed by atoms with Crippen molar-refractivity contribution in [2.24, 2.45) is 0 Å². The number of pyridine rings is 1. The van der Waals surface area contributed by atoms with Crippen molar-refractivity contribution in [3.05, 3.63) is 41.5 Å². The van der Waals surface area contributed by atoms with E-state index in [4.69, 9.17) is 0 Å². The molecule has 0 bridgehead atoms. The molecule has 96 valence electrons. The first-order valence-electron chi connectivity index (χ1n) is 6.30. The predicted molar refractivity (Wildman–Crippen MR) is 78.3 cm³/mol. The molecular formula is C15H16N4. The molecule has 0 unspecified atom stereocenters. The zero-order chi connectivity index (χ0) is 13.4. The van der Waals surface area contributed by atoms with Crippen molar-refractivity contribution in [3.63, 3.8) is 0 Å². The van der Waals surface area contributed by atoms with E-state index in [1.807, 2.05) is 19.2 Å². The number of benzene rings is 1. The first-order valence-corrected chi connectivity index (χ1v) is 6.30. The van der Waals surface area contributed by atoms with E-state index >= 15 is 0 Å². The minimum Gasteiger partial charge on any atom is -0.373 e. The Morgan fingerprint density at radius 2 is 1.74 bits per heavy atom. The molecule has 0 amide bonds. The monoisotopic (exact) mass is 252 g/mol. The Bertz CT molecular complexity index is 723. The number of H-pyrrole nitrogens is 1. The molecule has 3 rings (SSSR count). The van der Waals surface area contributed by atoms with Crippen molar-refractivity contribution in [2.45, 2.75) is 13.8 Å². The number of hydrogen-bond acceptors (Lipinski definition) is 3. The molecule has 1 aromatic carbocycles. The molecule has 0 radical (unpaired) electrons. The van der Waals surface area contributed by atoms with Gasteiger partial charge in [-0.1, -0.05) is 18.2 Å². The van der Waals surface area contributed by atoms with Crippen LogP contribution in [0.15, 0.2) is 30.3 Å². The summed E-state index contributed by atoms with van der Waals surface area (Å²) in [5.74, 6) is 1.71. The summed E-state index contributed by atoms with van der Waals surface area (Å²) < 4.78 is 0. The van der Waals surface area contributed by atoms with Crippen LogP contribution in [0.1, 0.15) is 11.1 Å². The van der Waals surface area contributed by atoms with E-state index in [1.54, 1.807) is 0 Å². The SMILES string of the molecule is CNc1ccc2[nH]c(-c3c(C)cccc3C)nc2n1. The van der Waals surface area contributed by atoms with Gasteiger partial charge in [-0.2, -0.15) is 0 Å². The molecule has 0 aliphatic carbocycles. The fourth-order valence-corrected chi connectivity index (χ4v) is 2.34. The number of nitrogens with one attached hydrogen (secondary N) is 2. The molecule has 0 atom stereocenters. The summed E-state index contributed by atoms with van der Waals surface area (Å²) in [6.45, 7) is 4.20. The molecule has 4 nitrogen and oxygen atoms in total. The quantitative estimate of drug-likeness (QED) is 0.736. The van der Waals surface area contributed by atoms with E-state index in [1.165, 1.54) is 11.1 Å². The average Bonchev–Trinajstić information content (AvgIpc) is 2.80. The Labute approximate surface area is 111 Å². The van der Waals surface area contributed by atoms with Crippen molar-refractivity contribution in [2.75, 3.05) is 12.4 Å². The van der Waals surface area contributed by atoms with Crippen LogP contribution < -0.4 is 5.32 Å². The van der Waals surface area contributed by atoms with Crippen molar-refractivity contribution in [3.8, 4) is 11.4 Å². The topological polar surface area (TPSA) is 53.6 Å². The van der Waals surface area contributed by atoms with Crippen LogP contribution in [0.5, 0.6) is 0 Å². The van der Waals surface area contributed by atoms with E-state index in [0.29, 0.717) is 0 Å². The van der Waals surface area contributed by atoms with E-state index in [-0.39, 0.29) is 0 Å². The molecule has 0 aliphatic rings. The van der Waals surface area contributed by atoms with Gasteiger partial charge < -0.3 is 10.3 Å². The largest absolute Gasteiger partial charge is 0.373 e. The van der Waals surface area contributed by atoms with E-state index in [9.17, 15) is 0 Å². The molecule has 2 aromatic heterocycles. The third kappa shape index (κ3) is 1.95. The molecule has 4 heteroatoms. The molecule has 0 fully saturated rings. The lowest BCUT2D eigenvalue weighted by Gasteiger charge is -2.05. The zero-order valence-electron chi connectivity index (χ0n) is 11.3. The highest BCUT2D eigenvalue weighted by molar-refractivity contribution is 5.79. The smallest absolute Gasteiger partial charge is 0.180 e. The molecule has 0 spiro atoms. The number of aromatic nitrogens is 3. The fraction of sp³-hybridized carbons (Fsp3) is 0.200. The van der Waals surface area contributed by atoms with Crippen LogP contribution in [-0.2, 0) is 0 Å². The number of rotatable bonds is 2. The Kier molecular flexibility index (Phi) is 2.71. The maximum atomic E-state index is 4.61. The first kappa shape index (κ1) is 11.7. The van der Waals surface area contributed by atoms with Gasteiger partial charge in [-0.3, -0.25) is 0 Å². The summed E-state index contributed by atoms with van der Waals surface area (Å²) in [6.07, 6.45) is 0. The van der Waals surface area contributed by atoms with Gasteiger partial charge in [-0.25, -0.2) is 9.97 Å².